The minimum Gasteiger partial charge on any atom is -0.480 e. The number of nitriles is 1. The van der Waals surface area contributed by atoms with Crippen LogP contribution in [-0.2, 0) is 9.59 Å². The van der Waals surface area contributed by atoms with E-state index in [0.717, 1.165) is 4.90 Å². The fraction of sp³-hybridized carbons (Fsp3) is 0.625. The lowest BCUT2D eigenvalue weighted by Gasteiger charge is -2.08. The molecule has 0 rings (SSSR count). The second-order valence-electron chi connectivity index (χ2n) is 2.84. The Bertz CT molecular complexity index is 236. The van der Waals surface area contributed by atoms with E-state index in [0.29, 0.717) is 32.2 Å². The van der Waals surface area contributed by atoms with Crippen LogP contribution in [-0.4, -0.2) is 35.0 Å². The Labute approximate surface area is 81.9 Å². The van der Waals surface area contributed by atoms with Gasteiger partial charge in [-0.2, -0.15) is 5.26 Å². The van der Waals surface area contributed by atoms with Crippen LogP contribution >= 0.6 is 0 Å². The Hall–Kier alpha value is -1.61. The van der Waals surface area contributed by atoms with Crippen LogP contribution in [0.2, 0.25) is 0 Å². The van der Waals surface area contributed by atoms with Crippen LogP contribution in [0.3, 0.4) is 0 Å². The molecule has 0 saturated carbocycles. The summed E-state index contributed by atoms with van der Waals surface area (Å²) < 4.78 is 0. The Morgan fingerprint density at radius 2 is 2.29 bits per heavy atom. The van der Waals surface area contributed by atoms with Crippen LogP contribution in [0.5, 0.6) is 0 Å². The minimum absolute atomic E-state index is 0.312. The molecule has 0 aromatic heterocycles. The third kappa shape index (κ3) is 5.11. The lowest BCUT2D eigenvalue weighted by Crippen LogP contribution is -2.30. The average molecular weight is 199 g/mol. The highest BCUT2D eigenvalue weighted by molar-refractivity contribution is 5.72. The van der Waals surface area contributed by atoms with E-state index in [-0.39, 0.29) is 0 Å². The summed E-state index contributed by atoms with van der Waals surface area (Å²) in [5, 5.41) is 16.8. The molecule has 0 saturated heterocycles. The number of unbranched alkanes of at least 4 members (excludes halogenated alkanes) is 1. The minimum atomic E-state index is -1.03. The Morgan fingerprint density at radius 3 is 2.71 bits per heavy atom. The summed E-state index contributed by atoms with van der Waals surface area (Å²) in [5.41, 5.74) is 5.25. The van der Waals surface area contributed by atoms with Gasteiger partial charge in [0.2, 0.25) is 6.41 Å². The van der Waals surface area contributed by atoms with Crippen molar-refractivity contribution in [1.82, 2.24) is 4.90 Å². The smallest absolute Gasteiger partial charge is 0.320 e. The molecule has 1 atom stereocenters. The number of nitrogens with zero attached hydrogens (tertiary/aromatic N) is 2. The third-order valence-electron chi connectivity index (χ3n) is 1.74. The van der Waals surface area contributed by atoms with Crippen molar-refractivity contribution in [3.05, 3.63) is 0 Å². The maximum absolute atomic E-state index is 10.3. The van der Waals surface area contributed by atoms with Gasteiger partial charge in [-0.1, -0.05) is 0 Å². The number of carbonyl (C=O) groups excluding carboxylic acids is 1. The molecule has 0 bridgehead atoms. The van der Waals surface area contributed by atoms with Crippen LogP contribution in [0.4, 0.5) is 0 Å². The summed E-state index contributed by atoms with van der Waals surface area (Å²) in [6, 6.07) is -0.859. The van der Waals surface area contributed by atoms with Gasteiger partial charge in [0, 0.05) is 6.54 Å². The molecule has 0 spiro atoms. The number of hydrogen-bond acceptors (Lipinski definition) is 4. The number of amides is 1. The van der Waals surface area contributed by atoms with Gasteiger partial charge in [-0.15, -0.1) is 0 Å². The van der Waals surface area contributed by atoms with E-state index in [2.05, 4.69) is 0 Å². The Balaban J connectivity index is 3.52. The number of nitrogens with two attached hydrogens (primary N) is 1. The summed E-state index contributed by atoms with van der Waals surface area (Å²) in [7, 11) is 0. The maximum atomic E-state index is 10.3. The molecule has 0 aromatic carbocycles. The topological polar surface area (TPSA) is 107 Å². The van der Waals surface area contributed by atoms with Crippen LogP contribution in [0.1, 0.15) is 19.3 Å². The summed E-state index contributed by atoms with van der Waals surface area (Å²) in [6.07, 6.45) is 3.64. The molecule has 1 unspecified atom stereocenters. The molecule has 78 valence electrons. The standard InChI is InChI=1S/C8H13N3O3/c9-5-11(6-12)4-2-1-3-7(10)8(13)14/h6-7H,1-4,10H2,(H,13,14). The van der Waals surface area contributed by atoms with Gasteiger partial charge in [-0.3, -0.25) is 14.5 Å². The molecule has 0 aliphatic heterocycles. The van der Waals surface area contributed by atoms with Crippen LogP contribution in [0.25, 0.3) is 0 Å². The lowest BCUT2D eigenvalue weighted by molar-refractivity contribution is -0.138. The molecule has 0 aromatic rings. The molecule has 1 amide bonds. The van der Waals surface area contributed by atoms with E-state index < -0.39 is 12.0 Å². The summed E-state index contributed by atoms with van der Waals surface area (Å²) in [5.74, 6) is -1.03. The molecule has 0 aliphatic carbocycles. The fourth-order valence-corrected chi connectivity index (χ4v) is 0.896. The fourth-order valence-electron chi connectivity index (χ4n) is 0.896. The monoisotopic (exact) mass is 199 g/mol. The van der Waals surface area contributed by atoms with Crippen molar-refractivity contribution < 1.29 is 14.7 Å². The Kier molecular flexibility index (Phi) is 6.07. The quantitative estimate of drug-likeness (QED) is 0.249. The molecular weight excluding hydrogens is 186 g/mol. The van der Waals surface area contributed by atoms with Crippen LogP contribution < -0.4 is 5.73 Å². The second kappa shape index (κ2) is 6.86. The first-order chi connectivity index (χ1) is 6.61. The van der Waals surface area contributed by atoms with E-state index >= 15 is 0 Å². The molecule has 0 aliphatic rings. The van der Waals surface area contributed by atoms with Gasteiger partial charge in [0.05, 0.1) is 0 Å². The maximum Gasteiger partial charge on any atom is 0.320 e. The molecule has 0 fully saturated rings. The largest absolute Gasteiger partial charge is 0.480 e. The molecule has 0 radical (unpaired) electrons. The lowest BCUT2D eigenvalue weighted by atomic mass is 10.1. The number of carboxylic acids is 1. The molecule has 6 heteroatoms. The predicted octanol–water partition coefficient (Wildman–Crippen LogP) is -0.492. The number of carbonyl (C=O) groups is 2. The average Bonchev–Trinajstić information content (AvgIpc) is 2.17. The highest BCUT2D eigenvalue weighted by Crippen LogP contribution is 2.00. The van der Waals surface area contributed by atoms with Gasteiger partial charge in [0.25, 0.3) is 0 Å². The van der Waals surface area contributed by atoms with Crippen molar-refractivity contribution in [3.63, 3.8) is 0 Å². The predicted molar refractivity (Wildman–Crippen MR) is 47.8 cm³/mol. The number of rotatable bonds is 7. The van der Waals surface area contributed by atoms with Gasteiger partial charge >= 0.3 is 5.97 Å². The van der Waals surface area contributed by atoms with Crippen molar-refractivity contribution in [2.75, 3.05) is 6.54 Å². The summed E-state index contributed by atoms with van der Waals surface area (Å²) in [4.78, 5) is 21.4. The van der Waals surface area contributed by atoms with Crippen LogP contribution in [0.15, 0.2) is 0 Å². The third-order valence-corrected chi connectivity index (χ3v) is 1.74. The van der Waals surface area contributed by atoms with Crippen LogP contribution in [0, 0.1) is 11.5 Å². The Morgan fingerprint density at radius 1 is 1.64 bits per heavy atom. The zero-order valence-electron chi connectivity index (χ0n) is 7.72. The van der Waals surface area contributed by atoms with E-state index in [1.807, 2.05) is 0 Å². The summed E-state index contributed by atoms with van der Waals surface area (Å²) in [6.45, 7) is 0.312. The molecule has 6 nitrogen and oxygen atoms in total. The highest BCUT2D eigenvalue weighted by atomic mass is 16.4. The van der Waals surface area contributed by atoms with Crippen molar-refractivity contribution in [1.29, 1.82) is 5.26 Å². The van der Waals surface area contributed by atoms with Crippen molar-refractivity contribution in [2.24, 2.45) is 5.73 Å². The first-order valence-electron chi connectivity index (χ1n) is 4.22. The van der Waals surface area contributed by atoms with Gasteiger partial charge < -0.3 is 10.8 Å². The van der Waals surface area contributed by atoms with E-state index in [4.69, 9.17) is 16.1 Å². The number of aliphatic carboxylic acids is 1. The van der Waals surface area contributed by atoms with Crippen molar-refractivity contribution in [3.8, 4) is 6.19 Å². The molecule has 0 heterocycles. The first-order valence-corrected chi connectivity index (χ1v) is 4.22. The van der Waals surface area contributed by atoms with Gasteiger partial charge in [-0.05, 0) is 19.3 Å². The van der Waals surface area contributed by atoms with Gasteiger partial charge in [-0.25, -0.2) is 0 Å². The number of hydrogen-bond donors (Lipinski definition) is 2. The summed E-state index contributed by atoms with van der Waals surface area (Å²) >= 11 is 0. The zero-order valence-corrected chi connectivity index (χ0v) is 7.72. The van der Waals surface area contributed by atoms with Crippen molar-refractivity contribution >= 4 is 12.4 Å². The van der Waals surface area contributed by atoms with Gasteiger partial charge in [0.1, 0.15) is 6.04 Å². The SMILES string of the molecule is N#CN(C=O)CCCCC(N)C(=O)O. The second-order valence-corrected chi connectivity index (χ2v) is 2.84. The normalized spacial score (nSPS) is 11.4. The zero-order chi connectivity index (χ0) is 11.0. The number of carboxylic acid groups (broad SMARTS) is 1. The van der Waals surface area contributed by atoms with E-state index in [1.54, 1.807) is 6.19 Å². The highest BCUT2D eigenvalue weighted by Gasteiger charge is 2.10. The first kappa shape index (κ1) is 12.4. The van der Waals surface area contributed by atoms with Crippen molar-refractivity contribution in [2.45, 2.75) is 25.3 Å². The molecular formula is C8H13N3O3. The molecule has 3 N–H and O–H groups in total. The van der Waals surface area contributed by atoms with E-state index in [9.17, 15) is 9.59 Å². The molecule has 14 heavy (non-hydrogen) atoms. The van der Waals surface area contributed by atoms with Gasteiger partial charge in [0.15, 0.2) is 6.19 Å². The van der Waals surface area contributed by atoms with E-state index in [1.165, 1.54) is 0 Å².